The van der Waals surface area contributed by atoms with Gasteiger partial charge in [-0.2, -0.15) is 0 Å². The fraction of sp³-hybridized carbons (Fsp3) is 0.0328. The Morgan fingerprint density at radius 2 is 0.662 bits per heavy atom. The lowest BCUT2D eigenvalue weighted by atomic mass is 10.1. The quantitative estimate of drug-likeness (QED) is 0.162. The van der Waals surface area contributed by atoms with Crippen LogP contribution >= 0.6 is 0 Å². The summed E-state index contributed by atoms with van der Waals surface area (Å²) in [4.78, 5) is 14.2. The summed E-state index contributed by atoms with van der Waals surface area (Å²) in [6.45, 7) is 12.7. The van der Waals surface area contributed by atoms with Crippen LogP contribution < -0.4 is 0 Å². The van der Waals surface area contributed by atoms with E-state index in [0.717, 1.165) is 99.8 Å². The molecule has 9 aromatic carbocycles. The normalized spacial score (nSPS) is 12.0. The molecule has 7 heteroatoms. The van der Waals surface area contributed by atoms with E-state index >= 15 is 0 Å². The average molecular weight is 870 g/mol. The van der Waals surface area contributed by atoms with E-state index in [1.165, 1.54) is 21.5 Å². The van der Waals surface area contributed by atoms with Gasteiger partial charge in [0.15, 0.2) is 5.69 Å². The van der Waals surface area contributed by atoms with E-state index in [1.54, 1.807) is 0 Å². The van der Waals surface area contributed by atoms with Crippen LogP contribution in [-0.2, 0) is 0 Å². The molecular formula is C61H39N7. The fourth-order valence-electron chi connectivity index (χ4n) is 11.2. The maximum Gasteiger partial charge on any atom is 0.200 e. The molecule has 0 aliphatic rings. The molecule has 0 bridgehead atoms. The standard InChI is InChI=1S/C61H39N7/c1-37-32-38(2)64-61(63-37)49-35-59(67-55-26-14-8-20-45(55)47-30-28-39(33-57(47)67)65-51-22-10-4-16-41(51)42-17-5-11-23-52(42)65)60(36-50(49)62-3)68-56-27-15-9-21-46(56)48-31-29-40(34-58(48)68)66-53-24-12-6-18-43(53)44-19-7-13-25-54(44)66/h4-36H,1-2H3. The minimum absolute atomic E-state index is 0.477. The highest BCUT2D eigenvalue weighted by Crippen LogP contribution is 2.44. The van der Waals surface area contributed by atoms with Crippen molar-refractivity contribution in [1.29, 1.82) is 0 Å². The molecule has 0 spiro atoms. The highest BCUT2D eigenvalue weighted by atomic mass is 15.1. The molecular weight excluding hydrogens is 831 g/mol. The zero-order chi connectivity index (χ0) is 45.2. The summed E-state index contributed by atoms with van der Waals surface area (Å²) in [6.07, 6.45) is 0. The maximum absolute atomic E-state index is 8.77. The number of aryl methyl sites for hydroxylation is 2. The van der Waals surface area contributed by atoms with Crippen LogP contribution in [0.5, 0.6) is 0 Å². The Morgan fingerprint density at radius 1 is 0.338 bits per heavy atom. The molecule has 0 saturated heterocycles. The number of hydrogen-bond donors (Lipinski definition) is 0. The summed E-state index contributed by atoms with van der Waals surface area (Å²) in [6, 6.07) is 71.8. The summed E-state index contributed by atoms with van der Waals surface area (Å²) >= 11 is 0. The third-order valence-corrected chi connectivity index (χ3v) is 13.9. The minimum atomic E-state index is 0.477. The second-order valence-electron chi connectivity index (χ2n) is 17.8. The first kappa shape index (κ1) is 38.1. The SMILES string of the molecule is [C-]#[N+]c1cc(-n2c3ccccc3c3ccc(-n4c5ccccc5c5ccccc54)cc32)c(-n2c3ccccc3c3ccc(-n4c5ccccc5c5ccccc54)cc32)cc1-c1nc(C)cc(C)n1. The summed E-state index contributed by atoms with van der Waals surface area (Å²) < 4.78 is 9.53. The molecule has 0 aliphatic carbocycles. The highest BCUT2D eigenvalue weighted by molar-refractivity contribution is 6.15. The summed E-state index contributed by atoms with van der Waals surface area (Å²) in [5.74, 6) is 0.531. The summed E-state index contributed by atoms with van der Waals surface area (Å²) in [5, 5.41) is 9.37. The highest BCUT2D eigenvalue weighted by Gasteiger charge is 2.25. The van der Waals surface area contributed by atoms with E-state index in [9.17, 15) is 0 Å². The zero-order valence-corrected chi connectivity index (χ0v) is 37.2. The predicted molar refractivity (Wildman–Crippen MR) is 281 cm³/mol. The molecule has 68 heavy (non-hydrogen) atoms. The first-order valence-corrected chi connectivity index (χ1v) is 22.9. The molecule has 5 heterocycles. The summed E-state index contributed by atoms with van der Waals surface area (Å²) in [7, 11) is 0. The largest absolute Gasteiger partial charge is 0.309 e. The van der Waals surface area contributed by atoms with Crippen LogP contribution in [0.1, 0.15) is 11.4 Å². The van der Waals surface area contributed by atoms with E-state index in [2.05, 4.69) is 217 Å². The van der Waals surface area contributed by atoms with Gasteiger partial charge in [-0.3, -0.25) is 0 Å². The van der Waals surface area contributed by atoms with Gasteiger partial charge in [0.2, 0.25) is 0 Å². The van der Waals surface area contributed by atoms with Crippen LogP contribution in [0.25, 0.3) is 126 Å². The van der Waals surface area contributed by atoms with Crippen molar-refractivity contribution in [2.75, 3.05) is 0 Å². The van der Waals surface area contributed by atoms with Crippen molar-refractivity contribution in [2.45, 2.75) is 13.8 Å². The number of para-hydroxylation sites is 6. The van der Waals surface area contributed by atoms with Crippen molar-refractivity contribution >= 4 is 92.9 Å². The van der Waals surface area contributed by atoms with E-state index in [0.29, 0.717) is 17.1 Å². The van der Waals surface area contributed by atoms with Gasteiger partial charge in [-0.05, 0) is 92.7 Å². The van der Waals surface area contributed by atoms with Crippen LogP contribution in [0, 0.1) is 20.4 Å². The Kier molecular flexibility index (Phi) is 8.05. The first-order chi connectivity index (χ1) is 33.5. The molecule has 14 rings (SSSR count). The lowest BCUT2D eigenvalue weighted by Gasteiger charge is -2.20. The molecule has 0 radical (unpaired) electrons. The predicted octanol–water partition coefficient (Wildman–Crippen LogP) is 15.7. The van der Waals surface area contributed by atoms with Crippen LogP contribution in [0.2, 0.25) is 0 Å². The lowest BCUT2D eigenvalue weighted by Crippen LogP contribution is -2.06. The van der Waals surface area contributed by atoms with Gasteiger partial charge >= 0.3 is 0 Å². The molecule has 0 fully saturated rings. The molecule has 5 aromatic heterocycles. The molecule has 7 nitrogen and oxygen atoms in total. The lowest BCUT2D eigenvalue weighted by molar-refractivity contribution is 1.06. The Bertz CT molecular complexity index is 4360. The Hall–Kier alpha value is -9.25. The maximum atomic E-state index is 8.77. The molecule has 0 atom stereocenters. The third kappa shape index (κ3) is 5.40. The van der Waals surface area contributed by atoms with Gasteiger partial charge < -0.3 is 18.3 Å². The van der Waals surface area contributed by atoms with Gasteiger partial charge in [0.1, 0.15) is 5.82 Å². The molecule has 14 aromatic rings. The molecule has 0 unspecified atom stereocenters. The van der Waals surface area contributed by atoms with Crippen LogP contribution in [0.3, 0.4) is 0 Å². The van der Waals surface area contributed by atoms with Gasteiger partial charge in [-0.25, -0.2) is 14.8 Å². The van der Waals surface area contributed by atoms with Gasteiger partial charge in [0.05, 0.1) is 62.1 Å². The summed E-state index contributed by atoms with van der Waals surface area (Å²) in [5.41, 5.74) is 15.5. The van der Waals surface area contributed by atoms with E-state index in [4.69, 9.17) is 16.5 Å². The second-order valence-corrected chi connectivity index (χ2v) is 17.8. The minimum Gasteiger partial charge on any atom is -0.309 e. The molecule has 0 amide bonds. The van der Waals surface area contributed by atoms with E-state index < -0.39 is 0 Å². The number of hydrogen-bond acceptors (Lipinski definition) is 2. The van der Waals surface area contributed by atoms with Crippen molar-refractivity contribution in [3.8, 4) is 34.1 Å². The number of rotatable bonds is 5. The smallest absolute Gasteiger partial charge is 0.200 e. The van der Waals surface area contributed by atoms with Crippen LogP contribution in [-0.4, -0.2) is 28.2 Å². The molecule has 318 valence electrons. The number of aromatic nitrogens is 6. The number of benzene rings is 9. The van der Waals surface area contributed by atoms with Crippen molar-refractivity contribution < 1.29 is 0 Å². The van der Waals surface area contributed by atoms with E-state index in [-0.39, 0.29) is 0 Å². The van der Waals surface area contributed by atoms with E-state index in [1.807, 2.05) is 19.9 Å². The van der Waals surface area contributed by atoms with Crippen molar-refractivity contribution in [1.82, 2.24) is 28.2 Å². The molecule has 0 saturated carbocycles. The van der Waals surface area contributed by atoms with Gasteiger partial charge in [-0.1, -0.05) is 121 Å². The number of nitrogens with zero attached hydrogens (tertiary/aromatic N) is 7. The third-order valence-electron chi connectivity index (χ3n) is 13.9. The van der Waals surface area contributed by atoms with Crippen molar-refractivity contribution in [3.05, 3.63) is 223 Å². The van der Waals surface area contributed by atoms with Gasteiger partial charge in [0.25, 0.3) is 0 Å². The first-order valence-electron chi connectivity index (χ1n) is 22.9. The Morgan fingerprint density at radius 3 is 1.03 bits per heavy atom. The number of fused-ring (bicyclic) bond motifs is 12. The van der Waals surface area contributed by atoms with Gasteiger partial charge in [0, 0.05) is 71.4 Å². The average Bonchev–Trinajstić information content (AvgIpc) is 4.10. The van der Waals surface area contributed by atoms with Crippen molar-refractivity contribution in [3.63, 3.8) is 0 Å². The van der Waals surface area contributed by atoms with Crippen LogP contribution in [0.15, 0.2) is 200 Å². The topological polar surface area (TPSA) is 49.9 Å². The Balaban J connectivity index is 1.12. The monoisotopic (exact) mass is 869 g/mol. The van der Waals surface area contributed by atoms with Crippen LogP contribution in [0.4, 0.5) is 5.69 Å². The molecule has 0 N–H and O–H groups in total. The van der Waals surface area contributed by atoms with Crippen molar-refractivity contribution in [2.24, 2.45) is 0 Å². The Labute approximate surface area is 390 Å². The molecule has 0 aliphatic heterocycles. The van der Waals surface area contributed by atoms with Gasteiger partial charge in [-0.15, -0.1) is 0 Å². The second kappa shape index (κ2) is 14.4. The fourth-order valence-corrected chi connectivity index (χ4v) is 11.2. The zero-order valence-electron chi connectivity index (χ0n) is 37.2.